The van der Waals surface area contributed by atoms with E-state index in [1.165, 1.54) is 24.3 Å². The lowest BCUT2D eigenvalue weighted by Gasteiger charge is -2.05. The van der Waals surface area contributed by atoms with Crippen LogP contribution in [0, 0.1) is 12.7 Å². The van der Waals surface area contributed by atoms with Crippen molar-refractivity contribution in [1.29, 1.82) is 0 Å². The van der Waals surface area contributed by atoms with E-state index in [1.54, 1.807) is 37.3 Å². The maximum atomic E-state index is 13.0. The second-order valence-corrected chi connectivity index (χ2v) is 6.56. The van der Waals surface area contributed by atoms with Crippen LogP contribution in [-0.4, -0.2) is 37.2 Å². The van der Waals surface area contributed by atoms with Crippen molar-refractivity contribution in [3.05, 3.63) is 71.7 Å². The van der Waals surface area contributed by atoms with Crippen LogP contribution in [0.5, 0.6) is 0 Å². The summed E-state index contributed by atoms with van der Waals surface area (Å²) in [4.78, 5) is 25.4. The second kappa shape index (κ2) is 8.53. The topological polar surface area (TPSA) is 128 Å². The summed E-state index contributed by atoms with van der Waals surface area (Å²) in [5.41, 5.74) is 2.19. The van der Waals surface area contributed by atoms with Crippen LogP contribution in [0.3, 0.4) is 0 Å². The maximum Gasteiger partial charge on any atom is 0.255 e. The van der Waals surface area contributed by atoms with Crippen LogP contribution in [0.1, 0.15) is 16.1 Å². The molecular weight excluding hydrogens is 405 g/mol. The van der Waals surface area contributed by atoms with Gasteiger partial charge in [-0.05, 0) is 60.7 Å². The molecule has 2 heterocycles. The normalized spacial score (nSPS) is 10.6. The number of anilines is 2. The van der Waals surface area contributed by atoms with Gasteiger partial charge in [-0.3, -0.25) is 14.9 Å². The van der Waals surface area contributed by atoms with E-state index in [-0.39, 0.29) is 24.2 Å². The number of nitrogens with one attached hydrogen (secondary N) is 2. The molecule has 0 spiro atoms. The molecule has 0 radical (unpaired) electrons. The lowest BCUT2D eigenvalue weighted by atomic mass is 10.1. The first kappa shape index (κ1) is 19.9. The molecule has 0 fully saturated rings. The molecule has 0 aliphatic carbocycles. The van der Waals surface area contributed by atoms with Gasteiger partial charge < -0.3 is 9.84 Å². The minimum atomic E-state index is -0.410. The molecule has 2 N–H and O–H groups in total. The summed E-state index contributed by atoms with van der Waals surface area (Å²) in [6.45, 7) is 1.59. The SMILES string of the molecule is Cc1cc(NC(=O)Cn2nnc(-c3ccc(NC(=O)c4ccc(F)cc4)cc3)n2)on1. The minimum absolute atomic E-state index is 0.154. The van der Waals surface area contributed by atoms with E-state index in [1.807, 2.05) is 0 Å². The highest BCUT2D eigenvalue weighted by atomic mass is 19.1. The Morgan fingerprint density at radius 3 is 2.48 bits per heavy atom. The van der Waals surface area contributed by atoms with Gasteiger partial charge in [-0.1, -0.05) is 5.16 Å². The molecule has 10 nitrogen and oxygen atoms in total. The summed E-state index contributed by atoms with van der Waals surface area (Å²) < 4.78 is 17.9. The molecule has 0 saturated heterocycles. The first-order valence-electron chi connectivity index (χ1n) is 9.14. The highest BCUT2D eigenvalue weighted by Gasteiger charge is 2.12. The van der Waals surface area contributed by atoms with E-state index < -0.39 is 5.82 Å². The zero-order chi connectivity index (χ0) is 21.8. The average Bonchev–Trinajstić information content (AvgIpc) is 3.38. The van der Waals surface area contributed by atoms with Gasteiger partial charge in [0.15, 0.2) is 0 Å². The molecule has 0 atom stereocenters. The first-order valence-corrected chi connectivity index (χ1v) is 9.14. The van der Waals surface area contributed by atoms with Crippen LogP contribution >= 0.6 is 0 Å². The highest BCUT2D eigenvalue weighted by molar-refractivity contribution is 6.04. The number of amides is 2. The van der Waals surface area contributed by atoms with Crippen molar-refractivity contribution in [3.8, 4) is 11.4 Å². The lowest BCUT2D eigenvalue weighted by Crippen LogP contribution is -2.20. The lowest BCUT2D eigenvalue weighted by molar-refractivity contribution is -0.117. The Morgan fingerprint density at radius 1 is 1.06 bits per heavy atom. The molecule has 4 aromatic rings. The Hall–Kier alpha value is -4.41. The number of nitrogens with zero attached hydrogens (tertiary/aromatic N) is 5. The number of hydrogen-bond donors (Lipinski definition) is 2. The van der Waals surface area contributed by atoms with Gasteiger partial charge in [-0.25, -0.2) is 4.39 Å². The summed E-state index contributed by atoms with van der Waals surface area (Å²) >= 11 is 0. The van der Waals surface area contributed by atoms with Gasteiger partial charge in [0, 0.05) is 22.9 Å². The van der Waals surface area contributed by atoms with Crippen LogP contribution in [-0.2, 0) is 11.3 Å². The van der Waals surface area contributed by atoms with Gasteiger partial charge in [0.25, 0.3) is 5.91 Å². The van der Waals surface area contributed by atoms with Gasteiger partial charge in [0.2, 0.25) is 17.6 Å². The molecule has 0 aliphatic rings. The summed E-state index contributed by atoms with van der Waals surface area (Å²) in [6.07, 6.45) is 0. The number of benzene rings is 2. The molecule has 2 aromatic heterocycles. The largest absolute Gasteiger partial charge is 0.338 e. The Balaban J connectivity index is 1.37. The number of carbonyl (C=O) groups excluding carboxylic acids is 2. The number of rotatable bonds is 6. The van der Waals surface area contributed by atoms with Gasteiger partial charge in [-0.15, -0.1) is 10.2 Å². The van der Waals surface area contributed by atoms with Crippen molar-refractivity contribution in [2.75, 3.05) is 10.6 Å². The number of tetrazole rings is 1. The molecular formula is C20H16FN7O3. The highest BCUT2D eigenvalue weighted by Crippen LogP contribution is 2.18. The molecule has 2 amide bonds. The zero-order valence-corrected chi connectivity index (χ0v) is 16.2. The molecule has 31 heavy (non-hydrogen) atoms. The number of halogens is 1. The third kappa shape index (κ3) is 4.96. The standard InChI is InChI=1S/C20H16FN7O3/c1-12-10-18(31-26-12)23-17(29)11-28-25-19(24-27-28)13-4-8-16(9-5-13)22-20(30)14-2-6-15(21)7-3-14/h2-10H,11H2,1H3,(H,22,30)(H,23,29). The monoisotopic (exact) mass is 421 g/mol. The van der Waals surface area contributed by atoms with Crippen LogP contribution in [0.4, 0.5) is 16.0 Å². The fourth-order valence-electron chi connectivity index (χ4n) is 2.66. The Bertz CT molecular complexity index is 1220. The van der Waals surface area contributed by atoms with Crippen molar-refractivity contribution in [1.82, 2.24) is 25.4 Å². The smallest absolute Gasteiger partial charge is 0.255 e. The molecule has 156 valence electrons. The predicted molar refractivity (Wildman–Crippen MR) is 107 cm³/mol. The van der Waals surface area contributed by atoms with E-state index >= 15 is 0 Å². The second-order valence-electron chi connectivity index (χ2n) is 6.56. The van der Waals surface area contributed by atoms with Crippen LogP contribution in [0.2, 0.25) is 0 Å². The molecule has 4 rings (SSSR count). The predicted octanol–water partition coefficient (Wildman–Crippen LogP) is 2.67. The number of aryl methyl sites for hydroxylation is 1. The third-order valence-corrected chi connectivity index (χ3v) is 4.14. The van der Waals surface area contributed by atoms with E-state index in [9.17, 15) is 14.0 Å². The summed E-state index contributed by atoms with van der Waals surface area (Å²) in [5.74, 6) is -0.600. The van der Waals surface area contributed by atoms with Crippen LogP contribution in [0.25, 0.3) is 11.4 Å². The Labute approximate surface area is 175 Å². The van der Waals surface area contributed by atoms with E-state index in [2.05, 4.69) is 31.2 Å². The Morgan fingerprint density at radius 2 is 1.81 bits per heavy atom. The quantitative estimate of drug-likeness (QED) is 0.490. The average molecular weight is 421 g/mol. The van der Waals surface area contributed by atoms with E-state index in [0.717, 1.165) is 4.80 Å². The number of hydrogen-bond acceptors (Lipinski definition) is 7. The summed E-state index contributed by atoms with van der Waals surface area (Å²) in [7, 11) is 0. The van der Waals surface area contributed by atoms with Crippen LogP contribution < -0.4 is 10.6 Å². The molecule has 2 aromatic carbocycles. The first-order chi connectivity index (χ1) is 15.0. The van der Waals surface area contributed by atoms with E-state index in [4.69, 9.17) is 4.52 Å². The van der Waals surface area contributed by atoms with Crippen molar-refractivity contribution in [2.45, 2.75) is 13.5 Å². The Kier molecular flexibility index (Phi) is 5.47. The van der Waals surface area contributed by atoms with Crippen molar-refractivity contribution in [2.24, 2.45) is 0 Å². The minimum Gasteiger partial charge on any atom is -0.338 e. The number of carbonyl (C=O) groups is 2. The van der Waals surface area contributed by atoms with E-state index in [0.29, 0.717) is 28.3 Å². The maximum absolute atomic E-state index is 13.0. The fourth-order valence-corrected chi connectivity index (χ4v) is 2.66. The van der Waals surface area contributed by atoms with Crippen molar-refractivity contribution >= 4 is 23.4 Å². The molecule has 0 aliphatic heterocycles. The molecule has 11 heteroatoms. The van der Waals surface area contributed by atoms with Gasteiger partial charge in [0.1, 0.15) is 12.4 Å². The van der Waals surface area contributed by atoms with Gasteiger partial charge in [-0.2, -0.15) is 4.80 Å². The zero-order valence-electron chi connectivity index (χ0n) is 16.2. The molecule has 0 saturated carbocycles. The van der Waals surface area contributed by atoms with Crippen LogP contribution in [0.15, 0.2) is 59.1 Å². The van der Waals surface area contributed by atoms with Gasteiger partial charge >= 0.3 is 0 Å². The summed E-state index contributed by atoms with van der Waals surface area (Å²) in [6, 6.07) is 13.6. The fraction of sp³-hybridized carbons (Fsp3) is 0.100. The van der Waals surface area contributed by atoms with Gasteiger partial charge in [0.05, 0.1) is 5.69 Å². The van der Waals surface area contributed by atoms with Crippen molar-refractivity contribution < 1.29 is 18.5 Å². The molecule has 0 unspecified atom stereocenters. The third-order valence-electron chi connectivity index (χ3n) is 4.14. The summed E-state index contributed by atoms with van der Waals surface area (Å²) in [5, 5.41) is 20.9. The number of aromatic nitrogens is 5. The van der Waals surface area contributed by atoms with Crippen molar-refractivity contribution in [3.63, 3.8) is 0 Å². The molecule has 0 bridgehead atoms.